The van der Waals surface area contributed by atoms with Gasteiger partial charge in [0.15, 0.2) is 5.96 Å². The predicted octanol–water partition coefficient (Wildman–Crippen LogP) is 0.820. The summed E-state index contributed by atoms with van der Waals surface area (Å²) in [6.07, 6.45) is 1.08. The molecule has 0 bridgehead atoms. The van der Waals surface area contributed by atoms with Crippen molar-refractivity contribution in [1.29, 1.82) is 0 Å². The fourth-order valence-corrected chi connectivity index (χ4v) is 4.17. The third-order valence-electron chi connectivity index (χ3n) is 3.94. The summed E-state index contributed by atoms with van der Waals surface area (Å²) in [7, 11) is 0.251. The molecule has 1 heterocycles. The van der Waals surface area contributed by atoms with Gasteiger partial charge in [-0.05, 0) is 6.42 Å². The van der Waals surface area contributed by atoms with Gasteiger partial charge in [-0.1, -0.05) is 13.8 Å². The number of likely N-dealkylation sites (tertiary alicyclic amines) is 1. The Labute approximate surface area is 157 Å². The maximum atomic E-state index is 12.1. The fourth-order valence-electron chi connectivity index (χ4n) is 2.77. The van der Waals surface area contributed by atoms with Crippen LogP contribution in [0.15, 0.2) is 4.99 Å². The van der Waals surface area contributed by atoms with E-state index in [1.165, 1.54) is 4.31 Å². The maximum Gasteiger partial charge on any atom is 0.215 e. The molecule has 9 heteroatoms. The highest BCUT2D eigenvalue weighted by Gasteiger charge is 2.25. The molecule has 0 aliphatic carbocycles. The van der Waals surface area contributed by atoms with Gasteiger partial charge in [-0.15, -0.1) is 24.0 Å². The molecule has 0 aromatic carbocycles. The zero-order valence-corrected chi connectivity index (χ0v) is 17.8. The van der Waals surface area contributed by atoms with Gasteiger partial charge in [0.2, 0.25) is 10.0 Å². The summed E-state index contributed by atoms with van der Waals surface area (Å²) in [4.78, 5) is 6.41. The average molecular weight is 462 g/mol. The molecule has 23 heavy (non-hydrogen) atoms. The molecule has 1 fully saturated rings. The van der Waals surface area contributed by atoms with Crippen LogP contribution in [-0.2, 0) is 14.8 Å². The van der Waals surface area contributed by atoms with Gasteiger partial charge in [-0.2, -0.15) is 0 Å². The third kappa shape index (κ3) is 7.10. The lowest BCUT2D eigenvalue weighted by atomic mass is 10.1. The minimum Gasteiger partial charge on any atom is -0.384 e. The standard InChI is InChI=1S/C14H30N4O3S.HI/c1-5-18(6-2)22(19,20)10-8-16-14(15-3)17-9-7-13(11-17)12-21-4;/h13H,5-12H2,1-4H3,(H,15,16);1H. The zero-order valence-electron chi connectivity index (χ0n) is 14.6. The minimum absolute atomic E-state index is 0. The second kappa shape index (κ2) is 11.4. The quantitative estimate of drug-likeness (QED) is 0.329. The number of halogens is 1. The van der Waals surface area contributed by atoms with Crippen LogP contribution < -0.4 is 5.32 Å². The number of guanidine groups is 1. The van der Waals surface area contributed by atoms with Crippen LogP contribution in [0.5, 0.6) is 0 Å². The first kappa shape index (κ1) is 22.9. The number of hydrogen-bond donors (Lipinski definition) is 1. The predicted molar refractivity (Wildman–Crippen MR) is 105 cm³/mol. The first-order chi connectivity index (χ1) is 10.5. The van der Waals surface area contributed by atoms with E-state index in [9.17, 15) is 8.42 Å². The first-order valence-corrected chi connectivity index (χ1v) is 9.51. The SMILES string of the molecule is CCN(CC)S(=O)(=O)CCNC(=NC)N1CCC(COC)C1.I. The molecule has 1 unspecified atom stereocenters. The molecule has 1 aliphatic rings. The monoisotopic (exact) mass is 462 g/mol. The van der Waals surface area contributed by atoms with Crippen LogP contribution in [0.3, 0.4) is 0 Å². The summed E-state index contributed by atoms with van der Waals surface area (Å²) in [6, 6.07) is 0. The lowest BCUT2D eigenvalue weighted by Crippen LogP contribution is -2.43. The molecular weight excluding hydrogens is 431 g/mol. The highest BCUT2D eigenvalue weighted by atomic mass is 127. The van der Waals surface area contributed by atoms with Crippen LogP contribution in [0.4, 0.5) is 0 Å². The van der Waals surface area contributed by atoms with Gasteiger partial charge >= 0.3 is 0 Å². The molecule has 7 nitrogen and oxygen atoms in total. The van der Waals surface area contributed by atoms with Crippen molar-refractivity contribution in [3.8, 4) is 0 Å². The van der Waals surface area contributed by atoms with Crippen molar-refractivity contribution in [2.24, 2.45) is 10.9 Å². The third-order valence-corrected chi connectivity index (χ3v) is 5.96. The Balaban J connectivity index is 0.00000484. The van der Waals surface area contributed by atoms with Gasteiger partial charge in [0.1, 0.15) is 0 Å². The highest BCUT2D eigenvalue weighted by Crippen LogP contribution is 2.16. The Kier molecular flexibility index (Phi) is 11.4. The van der Waals surface area contributed by atoms with Gasteiger partial charge in [0, 0.05) is 52.8 Å². The molecule has 1 rings (SSSR count). The van der Waals surface area contributed by atoms with Crippen LogP contribution in [0.25, 0.3) is 0 Å². The van der Waals surface area contributed by atoms with Crippen molar-refractivity contribution in [3.05, 3.63) is 0 Å². The van der Waals surface area contributed by atoms with E-state index in [0.717, 1.165) is 32.1 Å². The molecule has 0 aromatic heterocycles. The Morgan fingerprint density at radius 1 is 1.39 bits per heavy atom. The van der Waals surface area contributed by atoms with Crippen molar-refractivity contribution in [3.63, 3.8) is 0 Å². The second-order valence-electron chi connectivity index (χ2n) is 5.43. The lowest BCUT2D eigenvalue weighted by molar-refractivity contribution is 0.157. The van der Waals surface area contributed by atoms with E-state index in [2.05, 4.69) is 15.2 Å². The number of aliphatic imine (C=N–C) groups is 1. The summed E-state index contributed by atoms with van der Waals surface area (Å²) >= 11 is 0. The van der Waals surface area contributed by atoms with Crippen LogP contribution >= 0.6 is 24.0 Å². The van der Waals surface area contributed by atoms with Crippen LogP contribution in [0.2, 0.25) is 0 Å². The van der Waals surface area contributed by atoms with Crippen LogP contribution in [-0.4, -0.2) is 82.8 Å². The largest absolute Gasteiger partial charge is 0.384 e. The molecule has 1 saturated heterocycles. The minimum atomic E-state index is -3.19. The smallest absolute Gasteiger partial charge is 0.215 e. The molecule has 138 valence electrons. The molecule has 0 amide bonds. The Morgan fingerprint density at radius 2 is 2.04 bits per heavy atom. The van der Waals surface area contributed by atoms with E-state index in [1.54, 1.807) is 14.2 Å². The number of methoxy groups -OCH3 is 1. The van der Waals surface area contributed by atoms with Gasteiger partial charge in [-0.3, -0.25) is 4.99 Å². The average Bonchev–Trinajstić information content (AvgIpc) is 2.93. The molecule has 0 radical (unpaired) electrons. The van der Waals surface area contributed by atoms with Crippen LogP contribution in [0, 0.1) is 5.92 Å². The number of sulfonamides is 1. The summed E-state index contributed by atoms with van der Waals surface area (Å²) in [6.45, 7) is 7.69. The molecular formula is C14H31IN4O3S. The van der Waals surface area contributed by atoms with E-state index < -0.39 is 10.0 Å². The van der Waals surface area contributed by atoms with E-state index in [-0.39, 0.29) is 29.7 Å². The normalized spacial score (nSPS) is 19.1. The second-order valence-corrected chi connectivity index (χ2v) is 7.52. The molecule has 0 spiro atoms. The number of hydrogen-bond acceptors (Lipinski definition) is 4. The number of nitrogens with zero attached hydrogens (tertiary/aromatic N) is 3. The van der Waals surface area contributed by atoms with Gasteiger partial charge in [0.25, 0.3) is 0 Å². The van der Waals surface area contributed by atoms with Crippen molar-refractivity contribution >= 4 is 40.0 Å². The van der Waals surface area contributed by atoms with E-state index in [0.29, 0.717) is 25.6 Å². The number of ether oxygens (including phenoxy) is 1. The van der Waals surface area contributed by atoms with E-state index >= 15 is 0 Å². The summed E-state index contributed by atoms with van der Waals surface area (Å²) in [5.41, 5.74) is 0. The summed E-state index contributed by atoms with van der Waals surface area (Å²) < 4.78 is 31.0. The Hall–Kier alpha value is -0.130. The highest BCUT2D eigenvalue weighted by molar-refractivity contribution is 14.0. The van der Waals surface area contributed by atoms with Crippen molar-refractivity contribution < 1.29 is 13.2 Å². The summed E-state index contributed by atoms with van der Waals surface area (Å²) in [5.74, 6) is 1.37. The fraction of sp³-hybridized carbons (Fsp3) is 0.929. The Bertz CT molecular complexity index is 455. The molecule has 0 saturated carbocycles. The molecule has 1 atom stereocenters. The maximum absolute atomic E-state index is 12.1. The Morgan fingerprint density at radius 3 is 2.57 bits per heavy atom. The molecule has 1 N–H and O–H groups in total. The van der Waals surface area contributed by atoms with Gasteiger partial charge in [0.05, 0.1) is 12.4 Å². The number of rotatable bonds is 8. The first-order valence-electron chi connectivity index (χ1n) is 7.90. The molecule has 0 aromatic rings. The van der Waals surface area contributed by atoms with Crippen molar-refractivity contribution in [2.45, 2.75) is 20.3 Å². The topological polar surface area (TPSA) is 74.2 Å². The lowest BCUT2D eigenvalue weighted by Gasteiger charge is -2.23. The van der Waals surface area contributed by atoms with Crippen molar-refractivity contribution in [2.75, 3.05) is 59.2 Å². The van der Waals surface area contributed by atoms with Crippen molar-refractivity contribution in [1.82, 2.24) is 14.5 Å². The molecule has 1 aliphatic heterocycles. The zero-order chi connectivity index (χ0) is 16.6. The van der Waals surface area contributed by atoms with Crippen LogP contribution in [0.1, 0.15) is 20.3 Å². The van der Waals surface area contributed by atoms with Gasteiger partial charge < -0.3 is 15.0 Å². The van der Waals surface area contributed by atoms with Gasteiger partial charge in [-0.25, -0.2) is 12.7 Å². The van der Waals surface area contributed by atoms with E-state index in [4.69, 9.17) is 4.74 Å². The number of nitrogens with one attached hydrogen (secondary N) is 1. The summed E-state index contributed by atoms with van der Waals surface area (Å²) in [5, 5.41) is 3.16. The van der Waals surface area contributed by atoms with E-state index in [1.807, 2.05) is 13.8 Å².